The number of halogens is 2. The number of carbonyl (C=O) groups is 2. The van der Waals surface area contributed by atoms with Crippen LogP contribution in [0.4, 0.5) is 10.2 Å². The van der Waals surface area contributed by atoms with Gasteiger partial charge in [0.15, 0.2) is 11.6 Å². The molecule has 1 aliphatic heterocycles. The van der Waals surface area contributed by atoms with Gasteiger partial charge in [0.1, 0.15) is 5.69 Å². The van der Waals surface area contributed by atoms with E-state index < -0.39 is 11.7 Å². The van der Waals surface area contributed by atoms with Gasteiger partial charge in [-0.25, -0.2) is 9.37 Å². The van der Waals surface area contributed by atoms with Crippen molar-refractivity contribution in [2.75, 3.05) is 18.4 Å². The molecule has 2 amide bonds. The van der Waals surface area contributed by atoms with Crippen LogP contribution in [0, 0.1) is 23.6 Å². The molecular weight excluding hydrogens is 445 g/mol. The van der Waals surface area contributed by atoms with Gasteiger partial charge in [-0.05, 0) is 30.5 Å². The van der Waals surface area contributed by atoms with E-state index in [9.17, 15) is 14.0 Å². The molecule has 1 atom stereocenters. The zero-order valence-corrected chi connectivity index (χ0v) is 18.6. The lowest BCUT2D eigenvalue weighted by Crippen LogP contribution is -2.27. The Morgan fingerprint density at radius 1 is 1.21 bits per heavy atom. The Kier molecular flexibility index (Phi) is 6.71. The molecule has 0 saturated carbocycles. The van der Waals surface area contributed by atoms with Crippen molar-refractivity contribution in [3.05, 3.63) is 76.5 Å². The van der Waals surface area contributed by atoms with Crippen molar-refractivity contribution >= 4 is 29.2 Å². The molecule has 1 saturated heterocycles. The number of likely N-dealkylation sites (tertiary alicyclic amines) is 1. The molecule has 1 N–H and O–H groups in total. The van der Waals surface area contributed by atoms with Crippen LogP contribution in [0.25, 0.3) is 0 Å². The molecule has 1 aromatic carbocycles. The van der Waals surface area contributed by atoms with Crippen molar-refractivity contribution in [3.8, 4) is 11.8 Å². The molecule has 3 heterocycles. The second kappa shape index (κ2) is 9.84. The summed E-state index contributed by atoms with van der Waals surface area (Å²) in [5.41, 5.74) is 1.30. The molecule has 33 heavy (non-hydrogen) atoms. The smallest absolute Gasteiger partial charge is 0.276 e. The van der Waals surface area contributed by atoms with Gasteiger partial charge >= 0.3 is 0 Å². The molecular formula is C24H21ClFN5O2. The second-order valence-corrected chi connectivity index (χ2v) is 8.17. The van der Waals surface area contributed by atoms with Gasteiger partial charge < -0.3 is 10.2 Å². The van der Waals surface area contributed by atoms with E-state index in [-0.39, 0.29) is 28.4 Å². The number of benzene rings is 1. The molecule has 1 fully saturated rings. The maximum absolute atomic E-state index is 14.6. The van der Waals surface area contributed by atoms with E-state index in [0.29, 0.717) is 25.2 Å². The van der Waals surface area contributed by atoms with Crippen LogP contribution in [0.1, 0.15) is 35.0 Å². The molecule has 4 rings (SSSR count). The maximum atomic E-state index is 14.6. The minimum absolute atomic E-state index is 0.0208. The zero-order valence-electron chi connectivity index (χ0n) is 17.9. The highest BCUT2D eigenvalue weighted by Crippen LogP contribution is 2.23. The molecule has 9 heteroatoms. The first-order valence-electron chi connectivity index (χ1n) is 10.4. The normalized spacial score (nSPS) is 15.1. The third-order valence-corrected chi connectivity index (χ3v) is 5.65. The fraction of sp³-hybridized carbons (Fsp3) is 0.250. The number of nitrogens with zero attached hydrogens (tertiary/aromatic N) is 4. The van der Waals surface area contributed by atoms with E-state index in [1.807, 2.05) is 30.3 Å². The van der Waals surface area contributed by atoms with Crippen molar-refractivity contribution in [1.82, 2.24) is 19.7 Å². The van der Waals surface area contributed by atoms with Crippen LogP contribution in [0.5, 0.6) is 0 Å². The van der Waals surface area contributed by atoms with Gasteiger partial charge in [-0.3, -0.25) is 14.3 Å². The van der Waals surface area contributed by atoms with Crippen molar-refractivity contribution in [2.24, 2.45) is 5.92 Å². The van der Waals surface area contributed by atoms with E-state index >= 15 is 0 Å². The molecule has 0 bridgehead atoms. The van der Waals surface area contributed by atoms with Crippen molar-refractivity contribution < 1.29 is 14.0 Å². The highest BCUT2D eigenvalue weighted by atomic mass is 35.5. The number of carbonyl (C=O) groups excluding carboxylic acids is 2. The molecule has 3 aromatic rings. The molecule has 2 aromatic heterocycles. The summed E-state index contributed by atoms with van der Waals surface area (Å²) in [7, 11) is 0. The van der Waals surface area contributed by atoms with Crippen molar-refractivity contribution in [3.63, 3.8) is 0 Å². The van der Waals surface area contributed by atoms with Gasteiger partial charge in [0, 0.05) is 43.9 Å². The molecule has 1 unspecified atom stereocenters. The Morgan fingerprint density at radius 2 is 1.97 bits per heavy atom. The Hall–Kier alpha value is -3.70. The Labute approximate surface area is 195 Å². The van der Waals surface area contributed by atoms with Crippen LogP contribution in [0.3, 0.4) is 0 Å². The van der Waals surface area contributed by atoms with E-state index in [4.69, 9.17) is 11.6 Å². The van der Waals surface area contributed by atoms with Gasteiger partial charge in [-0.15, -0.1) is 0 Å². The lowest BCUT2D eigenvalue weighted by molar-refractivity contribution is -0.127. The van der Waals surface area contributed by atoms with E-state index in [2.05, 4.69) is 27.2 Å². The zero-order chi connectivity index (χ0) is 23.4. The first-order valence-corrected chi connectivity index (χ1v) is 10.8. The summed E-state index contributed by atoms with van der Waals surface area (Å²) >= 11 is 6.19. The highest BCUT2D eigenvalue weighted by Gasteiger charge is 2.27. The number of nitrogens with one attached hydrogen (secondary N) is 1. The largest absolute Gasteiger partial charge is 0.343 e. The maximum Gasteiger partial charge on any atom is 0.276 e. The quantitative estimate of drug-likeness (QED) is 0.597. The average molecular weight is 466 g/mol. The van der Waals surface area contributed by atoms with E-state index in [1.54, 1.807) is 4.90 Å². The number of hydrogen-bond acceptors (Lipinski definition) is 4. The first-order chi connectivity index (χ1) is 15.9. The van der Waals surface area contributed by atoms with Crippen LogP contribution in [0.15, 0.2) is 48.8 Å². The highest BCUT2D eigenvalue weighted by molar-refractivity contribution is 6.34. The number of rotatable bonds is 4. The van der Waals surface area contributed by atoms with E-state index in [1.165, 1.54) is 30.1 Å². The van der Waals surface area contributed by atoms with Gasteiger partial charge in [0.05, 0.1) is 11.2 Å². The van der Waals surface area contributed by atoms with Gasteiger partial charge in [0.25, 0.3) is 5.91 Å². The third kappa shape index (κ3) is 5.38. The molecule has 0 spiro atoms. The van der Waals surface area contributed by atoms with Crippen LogP contribution in [-0.2, 0) is 11.3 Å². The standard InChI is InChI=1S/C24H21ClFN5O2/c1-16(32)30-10-9-19(14-30)15-31-22(20(25)13-28-31)24(33)29-23-21(26)11-18(12-27-23)8-7-17-5-3-2-4-6-17/h2-6,11-13,19H,9-10,14-15H2,1H3,(H,27,29,33). The summed E-state index contributed by atoms with van der Waals surface area (Å²) in [4.78, 5) is 30.2. The number of amides is 2. The van der Waals surface area contributed by atoms with Crippen LogP contribution in [0.2, 0.25) is 5.02 Å². The minimum atomic E-state index is -0.710. The van der Waals surface area contributed by atoms with Crippen LogP contribution < -0.4 is 5.32 Å². The second-order valence-electron chi connectivity index (χ2n) is 7.77. The number of aromatic nitrogens is 3. The SMILES string of the molecule is CC(=O)N1CCC(Cn2ncc(Cl)c2C(=O)Nc2ncc(C#Cc3ccccc3)cc2F)C1. The predicted octanol–water partition coefficient (Wildman–Crippen LogP) is 3.59. The number of hydrogen-bond donors (Lipinski definition) is 1. The average Bonchev–Trinajstić information content (AvgIpc) is 3.42. The Morgan fingerprint density at radius 3 is 2.67 bits per heavy atom. The molecule has 1 aliphatic rings. The van der Waals surface area contributed by atoms with Crippen molar-refractivity contribution in [2.45, 2.75) is 19.9 Å². The summed E-state index contributed by atoms with van der Waals surface area (Å²) in [5.74, 6) is 4.40. The monoisotopic (exact) mass is 465 g/mol. The summed E-state index contributed by atoms with van der Waals surface area (Å²) in [6.07, 6.45) is 3.57. The number of anilines is 1. The molecule has 7 nitrogen and oxygen atoms in total. The molecule has 0 aliphatic carbocycles. The fourth-order valence-electron chi connectivity index (χ4n) is 3.67. The fourth-order valence-corrected chi connectivity index (χ4v) is 3.90. The number of pyridine rings is 1. The van der Waals surface area contributed by atoms with Crippen LogP contribution in [-0.4, -0.2) is 44.6 Å². The summed E-state index contributed by atoms with van der Waals surface area (Å²) in [6, 6.07) is 10.5. The van der Waals surface area contributed by atoms with Gasteiger partial charge in [-0.1, -0.05) is 41.6 Å². The van der Waals surface area contributed by atoms with Gasteiger partial charge in [0.2, 0.25) is 5.91 Å². The van der Waals surface area contributed by atoms with Gasteiger partial charge in [-0.2, -0.15) is 5.10 Å². The summed E-state index contributed by atoms with van der Waals surface area (Å²) in [5, 5.41) is 6.81. The summed E-state index contributed by atoms with van der Waals surface area (Å²) in [6.45, 7) is 3.22. The van der Waals surface area contributed by atoms with Crippen molar-refractivity contribution in [1.29, 1.82) is 0 Å². The summed E-state index contributed by atoms with van der Waals surface area (Å²) < 4.78 is 16.1. The third-order valence-electron chi connectivity index (χ3n) is 5.37. The predicted molar refractivity (Wildman–Crippen MR) is 122 cm³/mol. The van der Waals surface area contributed by atoms with E-state index in [0.717, 1.165) is 12.0 Å². The minimum Gasteiger partial charge on any atom is -0.343 e. The topological polar surface area (TPSA) is 80.1 Å². The first kappa shape index (κ1) is 22.5. The van der Waals surface area contributed by atoms with Crippen LogP contribution >= 0.6 is 11.6 Å². The molecule has 0 radical (unpaired) electrons. The Balaban J connectivity index is 1.46. The lowest BCUT2D eigenvalue weighted by Gasteiger charge is -2.15. The Bertz CT molecular complexity index is 1250. The lowest BCUT2D eigenvalue weighted by atomic mass is 10.1. The molecule has 168 valence electrons.